The van der Waals surface area contributed by atoms with Crippen molar-refractivity contribution in [2.24, 2.45) is 5.73 Å². The molecule has 92 valence electrons. The lowest BCUT2D eigenvalue weighted by atomic mass is 9.71. The van der Waals surface area contributed by atoms with Crippen molar-refractivity contribution in [3.63, 3.8) is 0 Å². The molecule has 1 unspecified atom stereocenters. The summed E-state index contributed by atoms with van der Waals surface area (Å²) >= 11 is 3.48. The molecule has 0 saturated carbocycles. The molecule has 0 aromatic heterocycles. The topological polar surface area (TPSA) is 72.6 Å². The van der Waals surface area contributed by atoms with Gasteiger partial charge in [0, 0.05) is 10.5 Å². The van der Waals surface area contributed by atoms with E-state index in [1.807, 2.05) is 24.3 Å². The lowest BCUT2D eigenvalue weighted by Gasteiger charge is -2.46. The van der Waals surface area contributed by atoms with Crippen LogP contribution < -0.4 is 5.73 Å². The van der Waals surface area contributed by atoms with Crippen molar-refractivity contribution in [2.75, 3.05) is 13.2 Å². The highest BCUT2D eigenvalue weighted by Gasteiger charge is 2.47. The summed E-state index contributed by atoms with van der Waals surface area (Å²) in [7, 11) is 0. The predicted molar refractivity (Wildman–Crippen MR) is 66.9 cm³/mol. The summed E-state index contributed by atoms with van der Waals surface area (Å²) < 4.78 is 6.20. The van der Waals surface area contributed by atoms with Crippen molar-refractivity contribution in [1.82, 2.24) is 0 Å². The van der Waals surface area contributed by atoms with Crippen LogP contribution in [0.3, 0.4) is 0 Å². The standard InChI is InChI=1S/C12H14BrNO3/c13-9-4-2-1-3-8(9)12(6-17-7-12)10(14)5-11(15)16/h1-4,10H,5-7,14H2,(H,15,16). The molecule has 2 rings (SSSR count). The number of rotatable bonds is 4. The summed E-state index contributed by atoms with van der Waals surface area (Å²) in [5, 5.41) is 8.85. The van der Waals surface area contributed by atoms with Gasteiger partial charge in [0.25, 0.3) is 0 Å². The Morgan fingerprint density at radius 3 is 2.65 bits per heavy atom. The molecule has 1 fully saturated rings. The number of carboxylic acid groups (broad SMARTS) is 1. The van der Waals surface area contributed by atoms with E-state index in [0.29, 0.717) is 13.2 Å². The second-order valence-electron chi connectivity index (χ2n) is 4.33. The highest BCUT2D eigenvalue weighted by Crippen LogP contribution is 2.39. The number of ether oxygens (including phenoxy) is 1. The molecule has 4 nitrogen and oxygen atoms in total. The van der Waals surface area contributed by atoms with Crippen LogP contribution in [-0.4, -0.2) is 30.3 Å². The third-order valence-electron chi connectivity index (χ3n) is 3.23. The second-order valence-corrected chi connectivity index (χ2v) is 5.19. The van der Waals surface area contributed by atoms with E-state index in [4.69, 9.17) is 15.6 Å². The largest absolute Gasteiger partial charge is 0.481 e. The van der Waals surface area contributed by atoms with Crippen LogP contribution in [0, 0.1) is 0 Å². The van der Waals surface area contributed by atoms with Crippen molar-refractivity contribution in [2.45, 2.75) is 17.9 Å². The van der Waals surface area contributed by atoms with Gasteiger partial charge in [0.1, 0.15) is 0 Å². The average molecular weight is 300 g/mol. The number of hydrogen-bond acceptors (Lipinski definition) is 3. The molecule has 3 N–H and O–H groups in total. The first-order valence-electron chi connectivity index (χ1n) is 5.36. The summed E-state index contributed by atoms with van der Waals surface area (Å²) in [5.41, 5.74) is 6.69. The highest BCUT2D eigenvalue weighted by molar-refractivity contribution is 9.10. The van der Waals surface area contributed by atoms with E-state index in [-0.39, 0.29) is 11.8 Å². The van der Waals surface area contributed by atoms with Crippen LogP contribution in [0.4, 0.5) is 0 Å². The number of nitrogens with two attached hydrogens (primary N) is 1. The van der Waals surface area contributed by atoms with Gasteiger partial charge in [-0.05, 0) is 11.6 Å². The lowest BCUT2D eigenvalue weighted by molar-refractivity contribution is -0.140. The molecule has 1 aliphatic rings. The molecular weight excluding hydrogens is 286 g/mol. The fraction of sp³-hybridized carbons (Fsp3) is 0.417. The van der Waals surface area contributed by atoms with E-state index >= 15 is 0 Å². The van der Waals surface area contributed by atoms with E-state index < -0.39 is 12.0 Å². The number of halogens is 1. The Labute approximate surface area is 108 Å². The lowest BCUT2D eigenvalue weighted by Crippen LogP contribution is -2.59. The zero-order valence-corrected chi connectivity index (χ0v) is 10.8. The molecule has 1 heterocycles. The number of benzene rings is 1. The van der Waals surface area contributed by atoms with Gasteiger partial charge in [-0.2, -0.15) is 0 Å². The Bertz CT molecular complexity index is 432. The molecule has 17 heavy (non-hydrogen) atoms. The first-order chi connectivity index (χ1) is 8.06. The van der Waals surface area contributed by atoms with Crippen LogP contribution in [0.5, 0.6) is 0 Å². The fourth-order valence-electron chi connectivity index (χ4n) is 2.14. The minimum absolute atomic E-state index is 0.0509. The molecule has 0 aliphatic carbocycles. The molecule has 0 spiro atoms. The first-order valence-corrected chi connectivity index (χ1v) is 6.16. The third kappa shape index (κ3) is 2.22. The van der Waals surface area contributed by atoms with E-state index in [1.165, 1.54) is 0 Å². The van der Waals surface area contributed by atoms with Crippen LogP contribution in [0.25, 0.3) is 0 Å². The Balaban J connectivity index is 2.31. The van der Waals surface area contributed by atoms with Crippen molar-refractivity contribution < 1.29 is 14.6 Å². The number of hydrogen-bond donors (Lipinski definition) is 2. The molecule has 1 aromatic rings. The van der Waals surface area contributed by atoms with Gasteiger partial charge < -0.3 is 15.6 Å². The molecule has 0 amide bonds. The fourth-order valence-corrected chi connectivity index (χ4v) is 2.82. The van der Waals surface area contributed by atoms with E-state index in [0.717, 1.165) is 10.0 Å². The van der Waals surface area contributed by atoms with Gasteiger partial charge in [-0.25, -0.2) is 0 Å². The van der Waals surface area contributed by atoms with E-state index in [2.05, 4.69) is 15.9 Å². The number of carbonyl (C=O) groups is 1. The van der Waals surface area contributed by atoms with Gasteiger partial charge in [-0.15, -0.1) is 0 Å². The molecule has 1 atom stereocenters. The molecule has 1 saturated heterocycles. The average Bonchev–Trinajstić information content (AvgIpc) is 2.18. The molecule has 0 radical (unpaired) electrons. The molecule has 5 heteroatoms. The SMILES string of the molecule is NC(CC(=O)O)C1(c2ccccc2Br)COC1. The van der Waals surface area contributed by atoms with Crippen molar-refractivity contribution in [1.29, 1.82) is 0 Å². The minimum Gasteiger partial charge on any atom is -0.481 e. The van der Waals surface area contributed by atoms with E-state index in [1.54, 1.807) is 0 Å². The van der Waals surface area contributed by atoms with Gasteiger partial charge in [-0.1, -0.05) is 34.1 Å². The van der Waals surface area contributed by atoms with Gasteiger partial charge in [0.05, 0.1) is 25.0 Å². The van der Waals surface area contributed by atoms with Crippen molar-refractivity contribution >= 4 is 21.9 Å². The van der Waals surface area contributed by atoms with Crippen molar-refractivity contribution in [3.05, 3.63) is 34.3 Å². The summed E-state index contributed by atoms with van der Waals surface area (Å²) in [6.45, 7) is 0.952. The summed E-state index contributed by atoms with van der Waals surface area (Å²) in [6, 6.07) is 7.31. The quantitative estimate of drug-likeness (QED) is 0.884. The smallest absolute Gasteiger partial charge is 0.304 e. The second kappa shape index (κ2) is 4.76. The van der Waals surface area contributed by atoms with Crippen LogP contribution >= 0.6 is 15.9 Å². The number of aliphatic carboxylic acids is 1. The monoisotopic (exact) mass is 299 g/mol. The Morgan fingerprint density at radius 2 is 2.18 bits per heavy atom. The molecular formula is C12H14BrNO3. The van der Waals surface area contributed by atoms with Crippen molar-refractivity contribution in [3.8, 4) is 0 Å². The summed E-state index contributed by atoms with van der Waals surface area (Å²) in [5.74, 6) is -0.879. The normalized spacial score (nSPS) is 19.4. The molecule has 1 aromatic carbocycles. The van der Waals surface area contributed by atoms with Crippen LogP contribution in [0.15, 0.2) is 28.7 Å². The van der Waals surface area contributed by atoms with Gasteiger partial charge in [-0.3, -0.25) is 4.79 Å². The number of carboxylic acids is 1. The van der Waals surface area contributed by atoms with Crippen LogP contribution in [-0.2, 0) is 14.9 Å². The highest BCUT2D eigenvalue weighted by atomic mass is 79.9. The van der Waals surface area contributed by atoms with Gasteiger partial charge >= 0.3 is 5.97 Å². The van der Waals surface area contributed by atoms with Gasteiger partial charge in [0.15, 0.2) is 0 Å². The maximum absolute atomic E-state index is 10.8. The maximum Gasteiger partial charge on any atom is 0.304 e. The van der Waals surface area contributed by atoms with Crippen LogP contribution in [0.1, 0.15) is 12.0 Å². The first kappa shape index (κ1) is 12.5. The Kier molecular flexibility index (Phi) is 3.51. The third-order valence-corrected chi connectivity index (χ3v) is 3.93. The van der Waals surface area contributed by atoms with Gasteiger partial charge in [0.2, 0.25) is 0 Å². The summed E-state index contributed by atoms with van der Waals surface area (Å²) in [4.78, 5) is 10.8. The molecule has 0 bridgehead atoms. The minimum atomic E-state index is -0.879. The van der Waals surface area contributed by atoms with Crippen LogP contribution in [0.2, 0.25) is 0 Å². The zero-order valence-electron chi connectivity index (χ0n) is 9.23. The maximum atomic E-state index is 10.8. The summed E-state index contributed by atoms with van der Waals surface area (Å²) in [6.07, 6.45) is -0.0509. The Morgan fingerprint density at radius 1 is 1.53 bits per heavy atom. The predicted octanol–water partition coefficient (Wildman–Crippen LogP) is 1.52. The Hall–Kier alpha value is -0.910. The zero-order chi connectivity index (χ0) is 12.5. The van der Waals surface area contributed by atoms with E-state index in [9.17, 15) is 4.79 Å². The molecule has 1 aliphatic heterocycles.